The number of nitrogens with zero attached hydrogens (tertiary/aromatic N) is 3. The molecule has 30 heavy (non-hydrogen) atoms. The van der Waals surface area contributed by atoms with Crippen LogP contribution in [0.3, 0.4) is 0 Å². The van der Waals surface area contributed by atoms with E-state index in [1.807, 2.05) is 0 Å². The molecule has 150 valence electrons. The van der Waals surface area contributed by atoms with Crippen LogP contribution < -0.4 is 31.6 Å². The number of benzene rings is 2. The number of carbonyl (C=O) groups excluding carboxylic acids is 1. The van der Waals surface area contributed by atoms with Crippen molar-refractivity contribution in [1.29, 1.82) is 0 Å². The predicted molar refractivity (Wildman–Crippen MR) is 112 cm³/mol. The molecular weight excluding hydrogens is 384 g/mol. The maximum absolute atomic E-state index is 12.2. The summed E-state index contributed by atoms with van der Waals surface area (Å²) in [6, 6.07) is 11.6. The summed E-state index contributed by atoms with van der Waals surface area (Å²) in [6.07, 6.45) is 1.27. The Morgan fingerprint density at radius 1 is 0.933 bits per heavy atom. The Balaban J connectivity index is 1.70. The molecule has 2 aromatic carbocycles. The zero-order valence-corrected chi connectivity index (χ0v) is 15.8. The fraction of sp³-hybridized carbons (Fsp3) is 0.0952. The van der Waals surface area contributed by atoms with E-state index in [2.05, 4.69) is 21.8 Å². The summed E-state index contributed by atoms with van der Waals surface area (Å²) in [5.74, 6) is 7.40. The van der Waals surface area contributed by atoms with Crippen LogP contribution in [-0.2, 0) is 0 Å². The second-order valence-electron chi connectivity index (χ2n) is 6.32. The predicted octanol–water partition coefficient (Wildman–Crippen LogP) is 2.03. The first kappa shape index (κ1) is 18.9. The van der Waals surface area contributed by atoms with Gasteiger partial charge in [-0.2, -0.15) is 0 Å². The van der Waals surface area contributed by atoms with E-state index in [1.54, 1.807) is 42.5 Å². The van der Waals surface area contributed by atoms with Crippen LogP contribution in [-0.4, -0.2) is 29.2 Å². The SMILES string of the molecule is NC(=O)N(c1cccc(C#Cc2c(N)ncnc2N)c1)c1ccc2c(c1)OCCO2. The summed E-state index contributed by atoms with van der Waals surface area (Å²) in [5.41, 5.74) is 19.3. The lowest BCUT2D eigenvalue weighted by Crippen LogP contribution is -2.31. The Hall–Kier alpha value is -4.45. The van der Waals surface area contributed by atoms with Gasteiger partial charge in [-0.25, -0.2) is 14.8 Å². The van der Waals surface area contributed by atoms with Crippen molar-refractivity contribution in [1.82, 2.24) is 9.97 Å². The zero-order valence-electron chi connectivity index (χ0n) is 15.8. The van der Waals surface area contributed by atoms with Crippen molar-refractivity contribution in [2.45, 2.75) is 0 Å². The summed E-state index contributed by atoms with van der Waals surface area (Å²) in [7, 11) is 0. The van der Waals surface area contributed by atoms with Gasteiger partial charge >= 0.3 is 6.03 Å². The standard InChI is InChI=1S/C21H18N6O3/c22-19-16(20(23)26-12-25-19)6-4-13-2-1-3-14(10-13)27(21(24)28)15-5-7-17-18(11-15)30-9-8-29-17/h1-3,5,7,10-12H,8-9H2,(H2,24,28)(H4,22,23,25,26). The van der Waals surface area contributed by atoms with Gasteiger partial charge in [-0.1, -0.05) is 17.9 Å². The van der Waals surface area contributed by atoms with Crippen LogP contribution in [0.15, 0.2) is 48.8 Å². The van der Waals surface area contributed by atoms with Crippen molar-refractivity contribution in [3.8, 4) is 23.3 Å². The summed E-state index contributed by atoms with van der Waals surface area (Å²) in [5, 5.41) is 0. The number of primary amides is 1. The molecule has 6 N–H and O–H groups in total. The second-order valence-corrected chi connectivity index (χ2v) is 6.32. The van der Waals surface area contributed by atoms with Crippen molar-refractivity contribution in [2.75, 3.05) is 29.6 Å². The van der Waals surface area contributed by atoms with E-state index in [4.69, 9.17) is 26.7 Å². The summed E-state index contributed by atoms with van der Waals surface area (Å²) in [4.78, 5) is 21.4. The Morgan fingerprint density at radius 2 is 1.63 bits per heavy atom. The van der Waals surface area contributed by atoms with E-state index in [9.17, 15) is 4.79 Å². The first-order valence-electron chi connectivity index (χ1n) is 9.00. The van der Waals surface area contributed by atoms with Crippen molar-refractivity contribution in [3.63, 3.8) is 0 Å². The minimum absolute atomic E-state index is 0.196. The molecular formula is C21H18N6O3. The van der Waals surface area contributed by atoms with Gasteiger partial charge in [0, 0.05) is 11.6 Å². The van der Waals surface area contributed by atoms with E-state index in [-0.39, 0.29) is 11.6 Å². The molecule has 4 rings (SSSR count). The van der Waals surface area contributed by atoms with Crippen molar-refractivity contribution >= 4 is 29.0 Å². The number of urea groups is 1. The number of nitrogens with two attached hydrogens (primary N) is 3. The molecule has 2 amide bonds. The molecule has 0 saturated heterocycles. The number of nitrogen functional groups attached to an aromatic ring is 2. The Labute approximate surface area is 172 Å². The van der Waals surface area contributed by atoms with Gasteiger partial charge in [-0.05, 0) is 30.3 Å². The third-order valence-corrected chi connectivity index (χ3v) is 4.35. The van der Waals surface area contributed by atoms with E-state index >= 15 is 0 Å². The highest BCUT2D eigenvalue weighted by Crippen LogP contribution is 2.36. The Kier molecular flexibility index (Phi) is 4.97. The lowest BCUT2D eigenvalue weighted by molar-refractivity contribution is 0.171. The number of ether oxygens (including phenoxy) is 2. The highest BCUT2D eigenvalue weighted by molar-refractivity contribution is 5.98. The number of amides is 2. The topological polar surface area (TPSA) is 143 Å². The quantitative estimate of drug-likeness (QED) is 0.557. The smallest absolute Gasteiger partial charge is 0.323 e. The Morgan fingerprint density at radius 3 is 2.37 bits per heavy atom. The van der Waals surface area contributed by atoms with Crippen molar-refractivity contribution in [3.05, 3.63) is 59.9 Å². The summed E-state index contributed by atoms with van der Waals surface area (Å²) in [6.45, 7) is 0.918. The summed E-state index contributed by atoms with van der Waals surface area (Å²) >= 11 is 0. The minimum atomic E-state index is -0.651. The van der Waals surface area contributed by atoms with Crippen LogP contribution in [0.5, 0.6) is 11.5 Å². The molecule has 1 aliphatic rings. The highest BCUT2D eigenvalue weighted by Gasteiger charge is 2.19. The fourth-order valence-corrected chi connectivity index (χ4v) is 2.97. The van der Waals surface area contributed by atoms with Gasteiger partial charge in [0.25, 0.3) is 0 Å². The molecule has 0 aliphatic carbocycles. The van der Waals surface area contributed by atoms with Gasteiger partial charge in [0.1, 0.15) is 36.7 Å². The van der Waals surface area contributed by atoms with Gasteiger partial charge in [0.05, 0.1) is 11.4 Å². The van der Waals surface area contributed by atoms with Crippen LogP contribution in [0.1, 0.15) is 11.1 Å². The molecule has 1 aromatic heterocycles. The van der Waals surface area contributed by atoms with Gasteiger partial charge in [0.15, 0.2) is 11.5 Å². The molecule has 0 unspecified atom stereocenters. The third kappa shape index (κ3) is 3.74. The van der Waals surface area contributed by atoms with Crippen LogP contribution >= 0.6 is 0 Å². The molecule has 1 aliphatic heterocycles. The van der Waals surface area contributed by atoms with E-state index in [0.29, 0.717) is 47.2 Å². The fourth-order valence-electron chi connectivity index (χ4n) is 2.97. The number of hydrogen-bond acceptors (Lipinski definition) is 7. The van der Waals surface area contributed by atoms with Crippen LogP contribution in [0.4, 0.5) is 27.8 Å². The molecule has 9 nitrogen and oxygen atoms in total. The van der Waals surface area contributed by atoms with Gasteiger partial charge < -0.3 is 26.7 Å². The number of rotatable bonds is 2. The molecule has 0 spiro atoms. The number of fused-ring (bicyclic) bond motifs is 1. The van der Waals surface area contributed by atoms with Crippen molar-refractivity contribution in [2.24, 2.45) is 5.73 Å². The monoisotopic (exact) mass is 402 g/mol. The van der Waals surface area contributed by atoms with E-state index in [0.717, 1.165) is 0 Å². The normalized spacial score (nSPS) is 11.9. The molecule has 0 bridgehead atoms. The summed E-state index contributed by atoms with van der Waals surface area (Å²) < 4.78 is 11.1. The van der Waals surface area contributed by atoms with Crippen LogP contribution in [0.2, 0.25) is 0 Å². The molecule has 9 heteroatoms. The largest absolute Gasteiger partial charge is 0.486 e. The minimum Gasteiger partial charge on any atom is -0.486 e. The number of hydrogen-bond donors (Lipinski definition) is 3. The maximum Gasteiger partial charge on any atom is 0.323 e. The van der Waals surface area contributed by atoms with Gasteiger partial charge in [0.2, 0.25) is 0 Å². The Bertz CT molecular complexity index is 1160. The lowest BCUT2D eigenvalue weighted by Gasteiger charge is -2.24. The van der Waals surface area contributed by atoms with Gasteiger partial charge in [-0.15, -0.1) is 0 Å². The zero-order chi connectivity index (χ0) is 21.1. The average Bonchev–Trinajstić information content (AvgIpc) is 2.73. The molecule has 0 radical (unpaired) electrons. The number of anilines is 4. The first-order chi connectivity index (χ1) is 14.5. The third-order valence-electron chi connectivity index (χ3n) is 4.35. The average molecular weight is 402 g/mol. The molecule has 2 heterocycles. The molecule has 3 aromatic rings. The lowest BCUT2D eigenvalue weighted by atomic mass is 10.1. The molecule has 0 atom stereocenters. The number of aromatic nitrogens is 2. The highest BCUT2D eigenvalue weighted by atomic mass is 16.6. The van der Waals surface area contributed by atoms with Crippen LogP contribution in [0.25, 0.3) is 0 Å². The van der Waals surface area contributed by atoms with Crippen LogP contribution in [0, 0.1) is 11.8 Å². The molecule has 0 saturated carbocycles. The molecule has 0 fully saturated rings. The first-order valence-corrected chi connectivity index (χ1v) is 9.00. The van der Waals surface area contributed by atoms with Crippen molar-refractivity contribution < 1.29 is 14.3 Å². The van der Waals surface area contributed by atoms with E-state index < -0.39 is 6.03 Å². The number of carbonyl (C=O) groups is 1. The van der Waals surface area contributed by atoms with Gasteiger partial charge in [-0.3, -0.25) is 4.90 Å². The van der Waals surface area contributed by atoms with E-state index in [1.165, 1.54) is 11.2 Å². The second kappa shape index (κ2) is 7.89. The maximum atomic E-state index is 12.2.